The molecule has 1 aromatic heterocycles. The van der Waals surface area contributed by atoms with Crippen LogP contribution in [0.1, 0.15) is 59.2 Å². The van der Waals surface area contributed by atoms with Gasteiger partial charge in [-0.15, -0.1) is 10.2 Å². The van der Waals surface area contributed by atoms with E-state index in [0.717, 1.165) is 37.8 Å². The van der Waals surface area contributed by atoms with E-state index < -0.39 is 0 Å². The minimum Gasteiger partial charge on any atom is -0.357 e. The molecule has 0 aliphatic carbocycles. The van der Waals surface area contributed by atoms with Crippen LogP contribution >= 0.6 is 0 Å². The molecule has 1 heterocycles. The van der Waals surface area contributed by atoms with Gasteiger partial charge in [0.25, 0.3) is 0 Å². The van der Waals surface area contributed by atoms with Crippen LogP contribution in [0, 0.1) is 0 Å². The monoisotopic (exact) mass is 308 g/mol. The Balaban J connectivity index is 2.44. The maximum absolute atomic E-state index is 4.65. The van der Waals surface area contributed by atoms with Gasteiger partial charge in [-0.3, -0.25) is 4.99 Å². The predicted molar refractivity (Wildman–Crippen MR) is 92.1 cm³/mol. The van der Waals surface area contributed by atoms with Gasteiger partial charge in [-0.2, -0.15) is 0 Å². The first-order valence-corrected chi connectivity index (χ1v) is 8.62. The molecule has 126 valence electrons. The van der Waals surface area contributed by atoms with Crippen molar-refractivity contribution < 1.29 is 0 Å². The third-order valence-corrected chi connectivity index (χ3v) is 3.59. The van der Waals surface area contributed by atoms with E-state index in [1.54, 1.807) is 6.33 Å². The minimum absolute atomic E-state index is 0.450. The van der Waals surface area contributed by atoms with Crippen LogP contribution in [0.25, 0.3) is 0 Å². The molecule has 2 N–H and O–H groups in total. The highest BCUT2D eigenvalue weighted by Gasteiger charge is 2.05. The van der Waals surface area contributed by atoms with Crippen LogP contribution in [0.4, 0.5) is 0 Å². The van der Waals surface area contributed by atoms with Crippen molar-refractivity contribution in [3.63, 3.8) is 0 Å². The second-order valence-corrected chi connectivity index (χ2v) is 5.60. The fraction of sp³-hybridized carbons (Fsp3) is 0.812. The van der Waals surface area contributed by atoms with Crippen LogP contribution in [0.15, 0.2) is 11.3 Å². The van der Waals surface area contributed by atoms with Crippen molar-refractivity contribution in [2.75, 3.05) is 13.1 Å². The maximum Gasteiger partial charge on any atom is 0.191 e. The number of hydrogen-bond donors (Lipinski definition) is 2. The van der Waals surface area contributed by atoms with Gasteiger partial charge in [0, 0.05) is 25.6 Å². The van der Waals surface area contributed by atoms with Crippen LogP contribution < -0.4 is 10.6 Å². The molecule has 0 saturated heterocycles. The molecule has 0 amide bonds. The lowest BCUT2D eigenvalue weighted by Gasteiger charge is -2.17. The third kappa shape index (κ3) is 6.91. The molecule has 0 saturated carbocycles. The Kier molecular flexibility index (Phi) is 9.26. The van der Waals surface area contributed by atoms with Gasteiger partial charge in [-0.25, -0.2) is 0 Å². The number of aryl methyl sites for hydroxylation is 1. The van der Waals surface area contributed by atoms with E-state index in [1.165, 1.54) is 25.7 Å². The average molecular weight is 308 g/mol. The summed E-state index contributed by atoms with van der Waals surface area (Å²) in [6.45, 7) is 11.1. The molecular weight excluding hydrogens is 276 g/mol. The second-order valence-electron chi connectivity index (χ2n) is 5.60. The summed E-state index contributed by atoms with van der Waals surface area (Å²) in [5, 5.41) is 14.8. The Morgan fingerprint density at radius 3 is 2.82 bits per heavy atom. The summed E-state index contributed by atoms with van der Waals surface area (Å²) in [6.07, 6.45) is 7.69. The van der Waals surface area contributed by atoms with E-state index in [4.69, 9.17) is 0 Å². The fourth-order valence-corrected chi connectivity index (χ4v) is 2.34. The number of aliphatic imine (C=N–C) groups is 1. The summed E-state index contributed by atoms with van der Waals surface area (Å²) in [4.78, 5) is 4.65. The van der Waals surface area contributed by atoms with Gasteiger partial charge in [0.1, 0.15) is 12.2 Å². The number of guanidine groups is 1. The molecule has 0 spiro atoms. The normalized spacial score (nSPS) is 13.2. The fourth-order valence-electron chi connectivity index (χ4n) is 2.34. The molecular formula is C16H32N6. The molecule has 0 aromatic carbocycles. The van der Waals surface area contributed by atoms with Gasteiger partial charge in [-0.1, -0.05) is 33.1 Å². The zero-order valence-corrected chi connectivity index (χ0v) is 14.6. The first-order valence-electron chi connectivity index (χ1n) is 8.62. The molecule has 0 aliphatic rings. The smallest absolute Gasteiger partial charge is 0.191 e. The zero-order chi connectivity index (χ0) is 16.2. The van der Waals surface area contributed by atoms with Gasteiger partial charge in [0.15, 0.2) is 5.96 Å². The van der Waals surface area contributed by atoms with E-state index in [2.05, 4.69) is 58.1 Å². The van der Waals surface area contributed by atoms with Gasteiger partial charge in [0.2, 0.25) is 0 Å². The summed E-state index contributed by atoms with van der Waals surface area (Å²) < 4.78 is 2.07. The van der Waals surface area contributed by atoms with Gasteiger partial charge in [-0.05, 0) is 20.3 Å². The largest absolute Gasteiger partial charge is 0.357 e. The zero-order valence-electron chi connectivity index (χ0n) is 14.6. The minimum atomic E-state index is 0.450. The Hall–Kier alpha value is -1.59. The van der Waals surface area contributed by atoms with Gasteiger partial charge < -0.3 is 15.2 Å². The second kappa shape index (κ2) is 11.0. The number of hydrogen-bond acceptors (Lipinski definition) is 3. The third-order valence-electron chi connectivity index (χ3n) is 3.59. The molecule has 0 fully saturated rings. The van der Waals surface area contributed by atoms with Crippen LogP contribution in [0.3, 0.4) is 0 Å². The lowest BCUT2D eigenvalue weighted by molar-refractivity contribution is 0.546. The standard InChI is InChI=1S/C16H32N6/c1-5-8-9-10-14(4)20-16(17-7-3)18-11-12-22-13-19-21-15(22)6-2/h13-14H,5-12H2,1-4H3,(H2,17,18,20). The SMILES string of the molecule is CCCCCC(C)NC(=NCCn1cnnc1CC)NCC. The number of nitrogens with zero attached hydrogens (tertiary/aromatic N) is 4. The van der Waals surface area contributed by atoms with Crippen molar-refractivity contribution in [3.8, 4) is 0 Å². The molecule has 1 aromatic rings. The first kappa shape index (κ1) is 18.5. The van der Waals surface area contributed by atoms with Gasteiger partial charge in [0.05, 0.1) is 6.54 Å². The van der Waals surface area contributed by atoms with Crippen molar-refractivity contribution >= 4 is 5.96 Å². The molecule has 22 heavy (non-hydrogen) atoms. The van der Waals surface area contributed by atoms with Crippen molar-refractivity contribution in [1.29, 1.82) is 0 Å². The van der Waals surface area contributed by atoms with Crippen molar-refractivity contribution in [1.82, 2.24) is 25.4 Å². The summed E-state index contributed by atoms with van der Waals surface area (Å²) in [5.74, 6) is 1.92. The molecule has 0 bridgehead atoms. The van der Waals surface area contributed by atoms with E-state index in [-0.39, 0.29) is 0 Å². The van der Waals surface area contributed by atoms with Crippen molar-refractivity contribution in [2.45, 2.75) is 72.4 Å². The Morgan fingerprint density at radius 2 is 2.14 bits per heavy atom. The Labute approximate surface area is 134 Å². The highest BCUT2D eigenvalue weighted by atomic mass is 15.3. The molecule has 0 aliphatic heterocycles. The van der Waals surface area contributed by atoms with Gasteiger partial charge >= 0.3 is 0 Å². The first-order chi connectivity index (χ1) is 10.7. The molecule has 1 atom stereocenters. The highest BCUT2D eigenvalue weighted by Crippen LogP contribution is 2.02. The summed E-state index contributed by atoms with van der Waals surface area (Å²) in [6, 6.07) is 0.450. The number of nitrogens with one attached hydrogen (secondary N) is 2. The lowest BCUT2D eigenvalue weighted by Crippen LogP contribution is -2.42. The molecule has 0 radical (unpaired) electrons. The van der Waals surface area contributed by atoms with Crippen molar-refractivity contribution in [2.24, 2.45) is 4.99 Å². The average Bonchev–Trinajstić information content (AvgIpc) is 2.95. The quantitative estimate of drug-likeness (QED) is 0.395. The van der Waals surface area contributed by atoms with E-state index in [9.17, 15) is 0 Å². The van der Waals surface area contributed by atoms with Crippen LogP contribution in [0.5, 0.6) is 0 Å². The van der Waals surface area contributed by atoms with E-state index >= 15 is 0 Å². The van der Waals surface area contributed by atoms with Crippen molar-refractivity contribution in [3.05, 3.63) is 12.2 Å². The lowest BCUT2D eigenvalue weighted by atomic mass is 10.1. The number of unbranched alkanes of at least 4 members (excludes halogenated alkanes) is 2. The molecule has 6 heteroatoms. The molecule has 6 nitrogen and oxygen atoms in total. The molecule has 1 rings (SSSR count). The summed E-state index contributed by atoms with van der Waals surface area (Å²) in [7, 11) is 0. The summed E-state index contributed by atoms with van der Waals surface area (Å²) in [5.41, 5.74) is 0. The molecule has 1 unspecified atom stereocenters. The maximum atomic E-state index is 4.65. The van der Waals surface area contributed by atoms with Crippen LogP contribution in [-0.4, -0.2) is 39.9 Å². The Bertz CT molecular complexity index is 426. The summed E-state index contributed by atoms with van der Waals surface area (Å²) >= 11 is 0. The van der Waals surface area contributed by atoms with Crippen LogP contribution in [-0.2, 0) is 13.0 Å². The van der Waals surface area contributed by atoms with E-state index in [0.29, 0.717) is 6.04 Å². The predicted octanol–water partition coefficient (Wildman–Crippen LogP) is 2.36. The number of rotatable bonds is 10. The van der Waals surface area contributed by atoms with E-state index in [1.807, 2.05) is 0 Å². The topological polar surface area (TPSA) is 67.1 Å². The number of aromatic nitrogens is 3. The van der Waals surface area contributed by atoms with Crippen LogP contribution in [0.2, 0.25) is 0 Å². The Morgan fingerprint density at radius 1 is 1.32 bits per heavy atom. The highest BCUT2D eigenvalue weighted by molar-refractivity contribution is 5.79.